The van der Waals surface area contributed by atoms with Crippen molar-refractivity contribution in [2.75, 3.05) is 12.0 Å². The van der Waals surface area contributed by atoms with Crippen molar-refractivity contribution in [3.8, 4) is 0 Å². The summed E-state index contributed by atoms with van der Waals surface area (Å²) < 4.78 is 37.3. The number of halogens is 3. The minimum Gasteiger partial charge on any atom is -0.367 e. The third kappa shape index (κ3) is 2.98. The molecule has 0 saturated heterocycles. The van der Waals surface area contributed by atoms with Crippen LogP contribution in [0.4, 0.5) is 18.9 Å². The summed E-state index contributed by atoms with van der Waals surface area (Å²) in [6, 6.07) is 5.59. The zero-order chi connectivity index (χ0) is 14.2. The van der Waals surface area contributed by atoms with Gasteiger partial charge < -0.3 is 5.32 Å². The summed E-state index contributed by atoms with van der Waals surface area (Å²) in [5.41, 5.74) is 3.19. The number of hydrogen-bond acceptors (Lipinski definition) is 4. The summed E-state index contributed by atoms with van der Waals surface area (Å²) in [5, 5.41) is 6.94. The number of benzene rings is 1. The molecule has 1 aromatic rings. The summed E-state index contributed by atoms with van der Waals surface area (Å²) in [6.07, 6.45) is 1.96. The van der Waals surface area contributed by atoms with Crippen molar-refractivity contribution in [1.29, 1.82) is 0 Å². The van der Waals surface area contributed by atoms with Crippen LogP contribution in [0.5, 0.6) is 0 Å². The van der Waals surface area contributed by atoms with Gasteiger partial charge in [0.05, 0.1) is 5.56 Å². The van der Waals surface area contributed by atoms with Gasteiger partial charge in [0.1, 0.15) is 6.67 Å². The lowest BCUT2D eigenvalue weighted by atomic mass is 10.2. The number of hydrogen-bond donors (Lipinski definition) is 2. The molecular formula is C13H15F3N4. The van der Waals surface area contributed by atoms with E-state index in [1.165, 1.54) is 25.0 Å². The van der Waals surface area contributed by atoms with Crippen LogP contribution in [-0.4, -0.2) is 22.7 Å². The molecule has 4 nitrogen and oxygen atoms in total. The van der Waals surface area contributed by atoms with Crippen molar-refractivity contribution in [3.05, 3.63) is 42.2 Å². The maximum atomic E-state index is 12.4. The highest BCUT2D eigenvalue weighted by Gasteiger charge is 2.30. The quantitative estimate of drug-likeness (QED) is 0.890. The summed E-state index contributed by atoms with van der Waals surface area (Å²) in [7, 11) is 0. The summed E-state index contributed by atoms with van der Waals surface area (Å²) in [5.74, 6) is 0. The second kappa shape index (κ2) is 4.90. The lowest BCUT2D eigenvalue weighted by Crippen LogP contribution is -2.42. The Kier molecular flexibility index (Phi) is 3.21. The molecule has 7 heteroatoms. The van der Waals surface area contributed by atoms with Gasteiger partial charge in [0.15, 0.2) is 0 Å². The van der Waals surface area contributed by atoms with E-state index in [1.54, 1.807) is 0 Å². The van der Waals surface area contributed by atoms with Crippen LogP contribution in [-0.2, 0) is 6.18 Å². The zero-order valence-corrected chi connectivity index (χ0v) is 10.7. The fourth-order valence-corrected chi connectivity index (χ4v) is 1.96. The van der Waals surface area contributed by atoms with E-state index in [1.807, 2.05) is 22.4 Å². The maximum absolute atomic E-state index is 12.4. The Balaban J connectivity index is 1.50. The smallest absolute Gasteiger partial charge is 0.367 e. The maximum Gasteiger partial charge on any atom is 0.416 e. The van der Waals surface area contributed by atoms with Crippen LogP contribution >= 0.6 is 0 Å². The monoisotopic (exact) mass is 284 g/mol. The Bertz CT molecular complexity index is 493. The van der Waals surface area contributed by atoms with Crippen molar-refractivity contribution in [2.24, 2.45) is 0 Å². The van der Waals surface area contributed by atoms with Gasteiger partial charge in [0.2, 0.25) is 0 Å². The molecule has 2 aliphatic rings. The molecule has 3 rings (SSSR count). The van der Waals surface area contributed by atoms with Crippen LogP contribution in [0.3, 0.4) is 0 Å². The number of rotatable bonds is 4. The van der Waals surface area contributed by atoms with E-state index < -0.39 is 11.7 Å². The number of hydrazine groups is 2. The molecule has 0 amide bonds. The lowest BCUT2D eigenvalue weighted by molar-refractivity contribution is -0.137. The van der Waals surface area contributed by atoms with Gasteiger partial charge in [-0.2, -0.15) is 13.2 Å². The lowest BCUT2D eigenvalue weighted by Gasteiger charge is -2.22. The summed E-state index contributed by atoms with van der Waals surface area (Å²) in [4.78, 5) is 0. The highest BCUT2D eigenvalue weighted by atomic mass is 19.4. The predicted molar refractivity (Wildman–Crippen MR) is 68.9 cm³/mol. The Morgan fingerprint density at radius 2 is 1.85 bits per heavy atom. The molecule has 0 spiro atoms. The number of nitrogens with one attached hydrogen (secondary N) is 2. The first-order valence-corrected chi connectivity index (χ1v) is 6.43. The van der Waals surface area contributed by atoms with Gasteiger partial charge in [-0.1, -0.05) is 0 Å². The molecule has 1 aliphatic carbocycles. The van der Waals surface area contributed by atoms with Crippen molar-refractivity contribution < 1.29 is 13.2 Å². The molecule has 2 N–H and O–H groups in total. The topological polar surface area (TPSA) is 30.5 Å². The molecule has 0 bridgehead atoms. The van der Waals surface area contributed by atoms with Gasteiger partial charge in [-0.25, -0.2) is 0 Å². The van der Waals surface area contributed by atoms with Crippen molar-refractivity contribution in [2.45, 2.75) is 25.1 Å². The largest absolute Gasteiger partial charge is 0.416 e. The second-order valence-corrected chi connectivity index (χ2v) is 4.92. The van der Waals surface area contributed by atoms with Gasteiger partial charge in [-0.3, -0.25) is 10.0 Å². The van der Waals surface area contributed by atoms with E-state index in [0.29, 0.717) is 18.4 Å². The first kappa shape index (κ1) is 13.1. The first-order valence-electron chi connectivity index (χ1n) is 6.43. The van der Waals surface area contributed by atoms with Crippen LogP contribution in [0.1, 0.15) is 18.4 Å². The molecule has 108 valence electrons. The molecule has 0 radical (unpaired) electrons. The van der Waals surface area contributed by atoms with Gasteiger partial charge in [-0.05, 0) is 37.1 Å². The van der Waals surface area contributed by atoms with Crippen LogP contribution in [0.15, 0.2) is 36.7 Å². The Labute approximate surface area is 114 Å². The fourth-order valence-electron chi connectivity index (χ4n) is 1.96. The van der Waals surface area contributed by atoms with Crippen molar-refractivity contribution >= 4 is 5.69 Å². The zero-order valence-electron chi connectivity index (χ0n) is 10.7. The third-order valence-corrected chi connectivity index (χ3v) is 3.26. The van der Waals surface area contributed by atoms with Crippen molar-refractivity contribution in [1.82, 2.24) is 15.6 Å². The van der Waals surface area contributed by atoms with Crippen LogP contribution in [0, 0.1) is 0 Å². The molecule has 1 heterocycles. The van der Waals surface area contributed by atoms with E-state index in [0.717, 1.165) is 12.1 Å². The van der Waals surface area contributed by atoms with Crippen LogP contribution < -0.4 is 10.9 Å². The number of nitrogens with zero attached hydrogens (tertiary/aromatic N) is 2. The average molecular weight is 284 g/mol. The number of alkyl halides is 3. The first-order chi connectivity index (χ1) is 9.52. The van der Waals surface area contributed by atoms with E-state index in [2.05, 4.69) is 10.9 Å². The standard InChI is InChI=1S/C13H15F3N4/c14-13(15,16)10-1-3-11(4-2-10)17-9-19-7-8-20(18-19)12-5-6-12/h1-4,7-8,12,17-18H,5-6,9H2. The molecular weight excluding hydrogens is 269 g/mol. The Morgan fingerprint density at radius 3 is 2.45 bits per heavy atom. The van der Waals surface area contributed by atoms with Crippen molar-refractivity contribution in [3.63, 3.8) is 0 Å². The highest BCUT2D eigenvalue weighted by molar-refractivity contribution is 5.45. The highest BCUT2D eigenvalue weighted by Crippen LogP contribution is 2.30. The molecule has 1 aromatic carbocycles. The second-order valence-electron chi connectivity index (χ2n) is 4.92. The molecule has 0 atom stereocenters. The fraction of sp³-hybridized carbons (Fsp3) is 0.385. The van der Waals surface area contributed by atoms with E-state index in [9.17, 15) is 13.2 Å². The summed E-state index contributed by atoms with van der Waals surface area (Å²) >= 11 is 0. The van der Waals surface area contributed by atoms with E-state index >= 15 is 0 Å². The van der Waals surface area contributed by atoms with Gasteiger partial charge in [-0.15, -0.1) is 5.53 Å². The van der Waals surface area contributed by atoms with E-state index in [-0.39, 0.29) is 0 Å². The van der Waals surface area contributed by atoms with Gasteiger partial charge >= 0.3 is 6.18 Å². The molecule has 1 saturated carbocycles. The molecule has 0 aromatic heterocycles. The molecule has 20 heavy (non-hydrogen) atoms. The molecule has 1 aliphatic heterocycles. The SMILES string of the molecule is FC(F)(F)c1ccc(NCN2C=CN(C3CC3)N2)cc1. The normalized spacial score (nSPS) is 18.8. The predicted octanol–water partition coefficient (Wildman–Crippen LogP) is 2.75. The average Bonchev–Trinajstić information content (AvgIpc) is 3.15. The molecule has 1 fully saturated rings. The minimum atomic E-state index is -4.29. The Morgan fingerprint density at radius 1 is 1.15 bits per heavy atom. The molecule has 0 unspecified atom stereocenters. The van der Waals surface area contributed by atoms with E-state index in [4.69, 9.17) is 0 Å². The van der Waals surface area contributed by atoms with Gasteiger partial charge in [0.25, 0.3) is 0 Å². The minimum absolute atomic E-state index is 0.477. The number of anilines is 1. The van der Waals surface area contributed by atoms with Crippen LogP contribution in [0.2, 0.25) is 0 Å². The van der Waals surface area contributed by atoms with Crippen LogP contribution in [0.25, 0.3) is 0 Å². The summed E-state index contributed by atoms with van der Waals surface area (Å²) in [6.45, 7) is 0.477. The Hall–Kier alpha value is -1.89. The van der Waals surface area contributed by atoms with Gasteiger partial charge in [0, 0.05) is 24.1 Å². The third-order valence-electron chi connectivity index (χ3n) is 3.26.